The number of nitrogens with zero attached hydrogens (tertiary/aromatic N) is 4. The van der Waals surface area contributed by atoms with Crippen LogP contribution in [0.4, 0.5) is 15.8 Å². The van der Waals surface area contributed by atoms with Gasteiger partial charge < -0.3 is 0 Å². The highest BCUT2D eigenvalue weighted by molar-refractivity contribution is 6.32. The Kier molecular flexibility index (Phi) is 4.94. The summed E-state index contributed by atoms with van der Waals surface area (Å²) in [6.07, 6.45) is 1.51. The highest BCUT2D eigenvalue weighted by Gasteiger charge is 2.13. The van der Waals surface area contributed by atoms with Crippen molar-refractivity contribution in [2.45, 2.75) is 6.92 Å². The van der Waals surface area contributed by atoms with Crippen molar-refractivity contribution in [1.82, 2.24) is 9.78 Å². The molecule has 0 aliphatic carbocycles. The van der Waals surface area contributed by atoms with Gasteiger partial charge in [0.05, 0.1) is 33.8 Å². The summed E-state index contributed by atoms with van der Waals surface area (Å²) in [5.74, 6) is -0.345. The van der Waals surface area contributed by atoms with Crippen molar-refractivity contribution >= 4 is 29.2 Å². The Labute approximate surface area is 152 Å². The van der Waals surface area contributed by atoms with Crippen LogP contribution in [0.5, 0.6) is 0 Å². The Morgan fingerprint density at radius 2 is 1.88 bits per heavy atom. The van der Waals surface area contributed by atoms with E-state index < -0.39 is 4.92 Å². The van der Waals surface area contributed by atoms with Crippen LogP contribution in [0.3, 0.4) is 0 Å². The van der Waals surface area contributed by atoms with Crippen molar-refractivity contribution in [3.8, 4) is 5.69 Å². The third kappa shape index (κ3) is 3.70. The molecule has 0 spiro atoms. The maximum atomic E-state index is 13.1. The van der Waals surface area contributed by atoms with Gasteiger partial charge in [-0.05, 0) is 43.3 Å². The Morgan fingerprint density at radius 1 is 1.23 bits per heavy atom. The van der Waals surface area contributed by atoms with Gasteiger partial charge in [0.1, 0.15) is 11.0 Å². The van der Waals surface area contributed by atoms with E-state index >= 15 is 0 Å². The van der Waals surface area contributed by atoms with Crippen LogP contribution in [0.2, 0.25) is 5.15 Å². The number of benzene rings is 2. The summed E-state index contributed by atoms with van der Waals surface area (Å²) >= 11 is 6.35. The standard InChI is InChI=1S/C17H13ClFN5O2/c1-11-16(10-20-21-13-4-8-15(9-5-13)24(25)26)17(18)23(22-11)14-6-2-12(19)3-7-14/h2-10,21H,1H3/b20-10-. The molecule has 1 aromatic heterocycles. The van der Waals surface area contributed by atoms with Gasteiger partial charge in [-0.3, -0.25) is 15.5 Å². The lowest BCUT2D eigenvalue weighted by atomic mass is 10.3. The van der Waals surface area contributed by atoms with Gasteiger partial charge in [-0.1, -0.05) is 11.6 Å². The molecule has 2 aromatic carbocycles. The number of aromatic nitrogens is 2. The van der Waals surface area contributed by atoms with Gasteiger partial charge in [-0.15, -0.1) is 0 Å². The minimum absolute atomic E-state index is 0.000933. The number of rotatable bonds is 5. The number of hydrogen-bond donors (Lipinski definition) is 1. The zero-order valence-corrected chi connectivity index (χ0v) is 14.3. The molecule has 132 valence electrons. The van der Waals surface area contributed by atoms with E-state index in [1.807, 2.05) is 0 Å². The molecule has 0 saturated heterocycles. The van der Waals surface area contributed by atoms with Gasteiger partial charge in [0.15, 0.2) is 0 Å². The van der Waals surface area contributed by atoms with E-state index in [2.05, 4.69) is 15.6 Å². The normalized spacial score (nSPS) is 11.0. The van der Waals surface area contributed by atoms with Crippen molar-refractivity contribution in [2.75, 3.05) is 5.43 Å². The second-order valence-corrected chi connectivity index (χ2v) is 5.71. The Morgan fingerprint density at radius 3 is 2.50 bits per heavy atom. The molecule has 26 heavy (non-hydrogen) atoms. The molecule has 1 heterocycles. The number of nitro benzene ring substituents is 1. The Hall–Kier alpha value is -3.26. The first-order valence-electron chi connectivity index (χ1n) is 7.50. The van der Waals surface area contributed by atoms with E-state index in [1.54, 1.807) is 31.2 Å². The zero-order chi connectivity index (χ0) is 18.7. The van der Waals surface area contributed by atoms with Crippen LogP contribution in [0, 0.1) is 22.9 Å². The van der Waals surface area contributed by atoms with E-state index in [9.17, 15) is 14.5 Å². The van der Waals surface area contributed by atoms with Gasteiger partial charge >= 0.3 is 0 Å². The van der Waals surface area contributed by atoms with Gasteiger partial charge in [0.2, 0.25) is 0 Å². The van der Waals surface area contributed by atoms with E-state index in [-0.39, 0.29) is 11.5 Å². The lowest BCUT2D eigenvalue weighted by molar-refractivity contribution is -0.384. The number of aryl methyl sites for hydroxylation is 1. The number of anilines is 1. The summed E-state index contributed by atoms with van der Waals surface area (Å²) in [6.45, 7) is 1.78. The molecular formula is C17H13ClFN5O2. The van der Waals surface area contributed by atoms with E-state index in [4.69, 9.17) is 11.6 Å². The molecule has 0 fully saturated rings. The largest absolute Gasteiger partial charge is 0.278 e. The van der Waals surface area contributed by atoms with Crippen LogP contribution in [0.15, 0.2) is 53.6 Å². The molecular weight excluding hydrogens is 361 g/mol. The number of hydrogen-bond acceptors (Lipinski definition) is 5. The van der Waals surface area contributed by atoms with Crippen LogP contribution >= 0.6 is 11.6 Å². The first-order valence-corrected chi connectivity index (χ1v) is 7.88. The van der Waals surface area contributed by atoms with Crippen LogP contribution in [0.1, 0.15) is 11.3 Å². The lowest BCUT2D eigenvalue weighted by Crippen LogP contribution is -1.97. The SMILES string of the molecule is Cc1nn(-c2ccc(F)cc2)c(Cl)c1/C=N\Nc1ccc([N+](=O)[O-])cc1. The average Bonchev–Trinajstić information content (AvgIpc) is 2.91. The van der Waals surface area contributed by atoms with Crippen LogP contribution in [-0.4, -0.2) is 20.9 Å². The number of nitrogens with one attached hydrogen (secondary N) is 1. The maximum Gasteiger partial charge on any atom is 0.269 e. The summed E-state index contributed by atoms with van der Waals surface area (Å²) in [4.78, 5) is 10.2. The minimum atomic E-state index is -0.472. The van der Waals surface area contributed by atoms with Crippen molar-refractivity contribution in [3.05, 3.63) is 80.9 Å². The van der Waals surface area contributed by atoms with Gasteiger partial charge in [0, 0.05) is 12.1 Å². The van der Waals surface area contributed by atoms with Crippen molar-refractivity contribution in [1.29, 1.82) is 0 Å². The molecule has 0 aliphatic rings. The number of non-ortho nitro benzene ring substituents is 1. The second kappa shape index (κ2) is 7.32. The lowest BCUT2D eigenvalue weighted by Gasteiger charge is -2.02. The Bertz CT molecular complexity index is 968. The first-order chi connectivity index (χ1) is 12.5. The van der Waals surface area contributed by atoms with Gasteiger partial charge in [-0.25, -0.2) is 9.07 Å². The van der Waals surface area contributed by atoms with Crippen molar-refractivity contribution < 1.29 is 9.31 Å². The highest BCUT2D eigenvalue weighted by atomic mass is 35.5. The average molecular weight is 374 g/mol. The quantitative estimate of drug-likeness (QED) is 0.410. The van der Waals surface area contributed by atoms with Crippen molar-refractivity contribution in [2.24, 2.45) is 5.10 Å². The Balaban J connectivity index is 1.78. The molecule has 0 aliphatic heterocycles. The minimum Gasteiger partial charge on any atom is -0.278 e. The second-order valence-electron chi connectivity index (χ2n) is 5.35. The zero-order valence-electron chi connectivity index (χ0n) is 13.6. The van der Waals surface area contributed by atoms with E-state index in [1.165, 1.54) is 35.2 Å². The fraction of sp³-hybridized carbons (Fsp3) is 0.0588. The molecule has 1 N–H and O–H groups in total. The fourth-order valence-electron chi connectivity index (χ4n) is 2.24. The first kappa shape index (κ1) is 17.6. The molecule has 0 bridgehead atoms. The third-order valence-electron chi connectivity index (χ3n) is 3.58. The summed E-state index contributed by atoms with van der Waals surface area (Å²) in [5.41, 5.74) is 5.24. The summed E-state index contributed by atoms with van der Waals surface area (Å²) < 4.78 is 14.5. The smallest absolute Gasteiger partial charge is 0.269 e. The van der Waals surface area contributed by atoms with E-state index in [0.29, 0.717) is 27.8 Å². The molecule has 9 heteroatoms. The maximum absolute atomic E-state index is 13.1. The molecule has 0 atom stereocenters. The highest BCUT2D eigenvalue weighted by Crippen LogP contribution is 2.22. The van der Waals surface area contributed by atoms with Gasteiger partial charge in [0.25, 0.3) is 5.69 Å². The van der Waals surface area contributed by atoms with Crippen molar-refractivity contribution in [3.63, 3.8) is 0 Å². The van der Waals surface area contributed by atoms with E-state index in [0.717, 1.165) is 0 Å². The molecule has 3 aromatic rings. The molecule has 7 nitrogen and oxygen atoms in total. The fourth-order valence-corrected chi connectivity index (χ4v) is 2.56. The molecule has 0 saturated carbocycles. The third-order valence-corrected chi connectivity index (χ3v) is 3.95. The topological polar surface area (TPSA) is 85.3 Å². The van der Waals surface area contributed by atoms with Crippen LogP contribution in [-0.2, 0) is 0 Å². The summed E-state index contributed by atoms with van der Waals surface area (Å²) in [5, 5.41) is 19.4. The molecule has 3 rings (SSSR count). The molecule has 0 radical (unpaired) electrons. The van der Waals surface area contributed by atoms with Crippen LogP contribution in [0.25, 0.3) is 5.69 Å². The summed E-state index contributed by atoms with van der Waals surface area (Å²) in [7, 11) is 0. The van der Waals surface area contributed by atoms with Gasteiger partial charge in [-0.2, -0.15) is 10.2 Å². The number of nitro groups is 1. The predicted molar refractivity (Wildman–Crippen MR) is 97.6 cm³/mol. The molecule has 0 unspecified atom stereocenters. The predicted octanol–water partition coefficient (Wildman–Crippen LogP) is 4.33. The van der Waals surface area contributed by atoms with Crippen LogP contribution < -0.4 is 5.43 Å². The monoisotopic (exact) mass is 373 g/mol. The number of hydrazone groups is 1. The number of halogens is 2. The summed E-state index contributed by atoms with van der Waals surface area (Å²) in [6, 6.07) is 11.6. The molecule has 0 amide bonds.